The van der Waals surface area contributed by atoms with Crippen LogP contribution in [0.2, 0.25) is 0 Å². The fourth-order valence-corrected chi connectivity index (χ4v) is 4.37. The Bertz CT molecular complexity index is 1080. The van der Waals surface area contributed by atoms with Crippen LogP contribution < -0.4 is 5.32 Å². The van der Waals surface area contributed by atoms with E-state index in [-0.39, 0.29) is 0 Å². The van der Waals surface area contributed by atoms with Crippen molar-refractivity contribution in [1.82, 2.24) is 15.0 Å². The zero-order valence-corrected chi connectivity index (χ0v) is 14.8. The van der Waals surface area contributed by atoms with Crippen LogP contribution in [-0.4, -0.2) is 40.2 Å². The summed E-state index contributed by atoms with van der Waals surface area (Å²) in [5.41, 5.74) is 6.67. The number of hydrogen-bond acceptors (Lipinski definition) is 6. The molecule has 1 aromatic carbocycles. The zero-order valence-electron chi connectivity index (χ0n) is 14.8. The third-order valence-electron chi connectivity index (χ3n) is 5.70. The predicted molar refractivity (Wildman–Crippen MR) is 102 cm³/mol. The quantitative estimate of drug-likeness (QED) is 0.733. The summed E-state index contributed by atoms with van der Waals surface area (Å²) in [6.07, 6.45) is 6.00. The topological polar surface area (TPSA) is 84.4 Å². The van der Waals surface area contributed by atoms with Crippen molar-refractivity contribution in [3.05, 3.63) is 46.9 Å². The highest BCUT2D eigenvalue weighted by molar-refractivity contribution is 5.94. The van der Waals surface area contributed by atoms with Crippen LogP contribution in [0.4, 0.5) is 11.5 Å². The van der Waals surface area contributed by atoms with Crippen LogP contribution in [0.1, 0.15) is 28.8 Å². The van der Waals surface area contributed by atoms with E-state index in [4.69, 9.17) is 9.47 Å². The largest absolute Gasteiger partial charge is 0.347 e. The number of H-pyrrole nitrogens is 1. The summed E-state index contributed by atoms with van der Waals surface area (Å²) >= 11 is 0. The van der Waals surface area contributed by atoms with Gasteiger partial charge < -0.3 is 19.8 Å². The molecule has 1 saturated heterocycles. The summed E-state index contributed by atoms with van der Waals surface area (Å²) in [6.45, 7) is 2.09. The second-order valence-electron chi connectivity index (χ2n) is 7.32. The second kappa shape index (κ2) is 5.61. The average Bonchev–Trinajstić information content (AvgIpc) is 3.40. The van der Waals surface area contributed by atoms with Crippen molar-refractivity contribution in [2.24, 2.45) is 4.99 Å². The summed E-state index contributed by atoms with van der Waals surface area (Å²) < 4.78 is 11.9. The number of ether oxygens (including phenoxy) is 2. The first kappa shape index (κ1) is 15.3. The average molecular weight is 361 g/mol. The van der Waals surface area contributed by atoms with Gasteiger partial charge in [0.1, 0.15) is 17.8 Å². The Morgan fingerprint density at radius 1 is 1.15 bits per heavy atom. The highest BCUT2D eigenvalue weighted by atomic mass is 16.7. The molecule has 0 radical (unpaired) electrons. The van der Waals surface area contributed by atoms with Gasteiger partial charge in [-0.3, -0.25) is 4.99 Å². The number of aromatic nitrogens is 3. The van der Waals surface area contributed by atoms with E-state index in [9.17, 15) is 0 Å². The molecule has 0 amide bonds. The molecule has 3 aliphatic rings. The van der Waals surface area contributed by atoms with Crippen LogP contribution in [0.5, 0.6) is 0 Å². The van der Waals surface area contributed by atoms with E-state index in [0.29, 0.717) is 13.2 Å². The Kier molecular flexibility index (Phi) is 3.18. The van der Waals surface area contributed by atoms with Gasteiger partial charge in [0.05, 0.1) is 25.1 Å². The van der Waals surface area contributed by atoms with E-state index < -0.39 is 5.79 Å². The second-order valence-corrected chi connectivity index (χ2v) is 7.32. The third kappa shape index (κ3) is 2.39. The number of hydrogen-bond donors (Lipinski definition) is 2. The first-order valence-electron chi connectivity index (χ1n) is 9.32. The minimum Gasteiger partial charge on any atom is -0.347 e. The number of aryl methyl sites for hydroxylation is 1. The Balaban J connectivity index is 1.43. The number of benzene rings is 1. The standard InChI is InChI=1S/C20H19N5O2/c1-2-14(7-13-10-21-9-12(1)13)24-18-17-15-8-20(26-5-6-27-20)4-3-16(15)25-19(17)23-11-22-18/h1-2,7,10-11H,3-6,8-9H2,(H2,22,23,24,25). The van der Waals surface area contributed by atoms with E-state index >= 15 is 0 Å². The van der Waals surface area contributed by atoms with Gasteiger partial charge in [-0.05, 0) is 35.2 Å². The normalized spacial score (nSPS) is 19.6. The van der Waals surface area contributed by atoms with Crippen molar-refractivity contribution in [2.45, 2.75) is 31.6 Å². The maximum absolute atomic E-state index is 5.95. The highest BCUT2D eigenvalue weighted by Gasteiger charge is 2.41. The number of anilines is 2. The predicted octanol–water partition coefficient (Wildman–Crippen LogP) is 2.87. The summed E-state index contributed by atoms with van der Waals surface area (Å²) in [6, 6.07) is 6.31. The van der Waals surface area contributed by atoms with E-state index in [1.807, 2.05) is 6.21 Å². The molecule has 7 heteroatoms. The van der Waals surface area contributed by atoms with Crippen LogP contribution in [0.15, 0.2) is 29.5 Å². The minimum atomic E-state index is -0.487. The van der Waals surface area contributed by atoms with E-state index in [1.165, 1.54) is 16.8 Å². The van der Waals surface area contributed by atoms with Crippen molar-refractivity contribution in [3.8, 4) is 0 Å². The number of aliphatic imine (C=N–C) groups is 1. The molecule has 3 aromatic rings. The first-order chi connectivity index (χ1) is 13.3. The molecule has 7 nitrogen and oxygen atoms in total. The van der Waals surface area contributed by atoms with Gasteiger partial charge in [-0.15, -0.1) is 0 Å². The van der Waals surface area contributed by atoms with E-state index in [0.717, 1.165) is 53.9 Å². The Labute approximate surface area is 155 Å². The lowest BCUT2D eigenvalue weighted by Gasteiger charge is -2.31. The van der Waals surface area contributed by atoms with Crippen LogP contribution >= 0.6 is 0 Å². The fourth-order valence-electron chi connectivity index (χ4n) is 4.37. The Hall–Kier alpha value is -2.77. The number of aromatic amines is 1. The molecule has 1 spiro atoms. The molecule has 136 valence electrons. The van der Waals surface area contributed by atoms with Crippen LogP contribution in [0.3, 0.4) is 0 Å². The van der Waals surface area contributed by atoms with Crippen LogP contribution in [0, 0.1) is 0 Å². The maximum Gasteiger partial charge on any atom is 0.172 e. The van der Waals surface area contributed by atoms with E-state index in [1.54, 1.807) is 6.33 Å². The van der Waals surface area contributed by atoms with Gasteiger partial charge in [0.25, 0.3) is 0 Å². The van der Waals surface area contributed by atoms with Crippen LogP contribution in [-0.2, 0) is 28.9 Å². The molecular weight excluding hydrogens is 342 g/mol. The molecule has 2 N–H and O–H groups in total. The number of rotatable bonds is 2. The van der Waals surface area contributed by atoms with Crippen molar-refractivity contribution in [1.29, 1.82) is 0 Å². The minimum absolute atomic E-state index is 0.487. The molecule has 1 aliphatic carbocycles. The summed E-state index contributed by atoms with van der Waals surface area (Å²) in [5, 5.41) is 4.51. The highest BCUT2D eigenvalue weighted by Crippen LogP contribution is 2.40. The van der Waals surface area contributed by atoms with Crippen molar-refractivity contribution < 1.29 is 9.47 Å². The maximum atomic E-state index is 5.95. The SMILES string of the molecule is C1=NCc2ccc(Nc3ncnc4[nH]c5c(c34)CC3(CC5)OCCO3)cc21. The molecule has 1 fully saturated rings. The van der Waals surface area contributed by atoms with Gasteiger partial charge in [0.15, 0.2) is 5.79 Å². The van der Waals surface area contributed by atoms with Crippen LogP contribution in [0.25, 0.3) is 11.0 Å². The lowest BCUT2D eigenvalue weighted by Crippen LogP contribution is -2.36. The third-order valence-corrected chi connectivity index (χ3v) is 5.70. The lowest BCUT2D eigenvalue weighted by atomic mass is 9.90. The van der Waals surface area contributed by atoms with Gasteiger partial charge >= 0.3 is 0 Å². The fraction of sp³-hybridized carbons (Fsp3) is 0.350. The van der Waals surface area contributed by atoms with Crippen molar-refractivity contribution in [3.63, 3.8) is 0 Å². The number of nitrogens with zero attached hydrogens (tertiary/aromatic N) is 3. The molecular formula is C20H19N5O2. The van der Waals surface area contributed by atoms with Crippen molar-refractivity contribution >= 4 is 28.8 Å². The summed E-state index contributed by atoms with van der Waals surface area (Å²) in [5.74, 6) is 0.321. The van der Waals surface area contributed by atoms with Crippen molar-refractivity contribution in [2.75, 3.05) is 18.5 Å². The first-order valence-corrected chi connectivity index (χ1v) is 9.32. The van der Waals surface area contributed by atoms with Gasteiger partial charge in [-0.1, -0.05) is 6.07 Å². The molecule has 2 aliphatic heterocycles. The monoisotopic (exact) mass is 361 g/mol. The molecule has 0 saturated carbocycles. The summed E-state index contributed by atoms with van der Waals surface area (Å²) in [4.78, 5) is 16.8. The van der Waals surface area contributed by atoms with Gasteiger partial charge in [-0.2, -0.15) is 0 Å². The molecule has 4 heterocycles. The lowest BCUT2D eigenvalue weighted by molar-refractivity contribution is -0.163. The molecule has 6 rings (SSSR count). The smallest absolute Gasteiger partial charge is 0.172 e. The van der Waals surface area contributed by atoms with E-state index in [2.05, 4.69) is 43.5 Å². The van der Waals surface area contributed by atoms with Gasteiger partial charge in [0, 0.05) is 30.4 Å². The number of fused-ring (bicyclic) bond motifs is 4. The molecule has 0 unspecified atom stereocenters. The van der Waals surface area contributed by atoms with Gasteiger partial charge in [0.2, 0.25) is 0 Å². The Morgan fingerprint density at radius 3 is 3.00 bits per heavy atom. The zero-order chi connectivity index (χ0) is 17.8. The molecule has 0 atom stereocenters. The molecule has 2 aromatic heterocycles. The molecule has 0 bridgehead atoms. The Morgan fingerprint density at radius 2 is 2.07 bits per heavy atom. The summed E-state index contributed by atoms with van der Waals surface area (Å²) in [7, 11) is 0. The molecule has 27 heavy (non-hydrogen) atoms. The van der Waals surface area contributed by atoms with Gasteiger partial charge in [-0.25, -0.2) is 9.97 Å². The number of nitrogens with one attached hydrogen (secondary N) is 2.